The lowest BCUT2D eigenvalue weighted by atomic mass is 9.98. The van der Waals surface area contributed by atoms with Crippen molar-refractivity contribution >= 4 is 29.0 Å². The Labute approximate surface area is 197 Å². The molecule has 6 nitrogen and oxygen atoms in total. The minimum absolute atomic E-state index is 0.0704. The van der Waals surface area contributed by atoms with Crippen LogP contribution in [0.25, 0.3) is 0 Å². The SMILES string of the molecule is Cc1cccc(NC(=O)Nc2ccc(N3CCCCC3)c(C(=O)N3CCC(C)CC3)c2)c1C. The smallest absolute Gasteiger partial charge is 0.323 e. The third-order valence-corrected chi connectivity index (χ3v) is 7.11. The molecular formula is C27H36N4O2. The second kappa shape index (κ2) is 10.3. The van der Waals surface area contributed by atoms with Gasteiger partial charge in [0, 0.05) is 43.2 Å². The third-order valence-electron chi connectivity index (χ3n) is 7.11. The van der Waals surface area contributed by atoms with Gasteiger partial charge in [0.05, 0.1) is 5.56 Å². The van der Waals surface area contributed by atoms with Gasteiger partial charge in [-0.1, -0.05) is 19.1 Å². The third kappa shape index (κ3) is 5.49. The number of carbonyl (C=O) groups excluding carboxylic acids is 2. The topological polar surface area (TPSA) is 64.7 Å². The molecule has 176 valence electrons. The number of aryl methyl sites for hydroxylation is 1. The van der Waals surface area contributed by atoms with Gasteiger partial charge in [0.2, 0.25) is 0 Å². The molecule has 33 heavy (non-hydrogen) atoms. The lowest BCUT2D eigenvalue weighted by molar-refractivity contribution is 0.0697. The molecule has 2 aliphatic heterocycles. The van der Waals surface area contributed by atoms with Gasteiger partial charge in [0.1, 0.15) is 0 Å². The van der Waals surface area contributed by atoms with E-state index in [1.54, 1.807) is 0 Å². The van der Waals surface area contributed by atoms with Gasteiger partial charge in [0.15, 0.2) is 0 Å². The summed E-state index contributed by atoms with van der Waals surface area (Å²) >= 11 is 0. The average molecular weight is 449 g/mol. The van der Waals surface area contributed by atoms with Crippen molar-refractivity contribution in [3.63, 3.8) is 0 Å². The maximum Gasteiger partial charge on any atom is 0.323 e. The van der Waals surface area contributed by atoms with Crippen molar-refractivity contribution in [1.82, 2.24) is 4.90 Å². The van der Waals surface area contributed by atoms with Crippen LogP contribution in [0.3, 0.4) is 0 Å². The number of anilines is 3. The number of hydrogen-bond acceptors (Lipinski definition) is 3. The van der Waals surface area contributed by atoms with Crippen molar-refractivity contribution < 1.29 is 9.59 Å². The quantitative estimate of drug-likeness (QED) is 0.620. The molecule has 0 aliphatic carbocycles. The number of urea groups is 1. The number of nitrogens with one attached hydrogen (secondary N) is 2. The van der Waals surface area contributed by atoms with Crippen LogP contribution in [0.2, 0.25) is 0 Å². The fourth-order valence-electron chi connectivity index (χ4n) is 4.75. The Balaban J connectivity index is 1.56. The molecule has 2 heterocycles. The van der Waals surface area contributed by atoms with E-state index >= 15 is 0 Å². The number of amides is 3. The zero-order valence-corrected chi connectivity index (χ0v) is 20.1. The van der Waals surface area contributed by atoms with Crippen LogP contribution in [0.4, 0.5) is 21.9 Å². The van der Waals surface area contributed by atoms with E-state index in [1.807, 2.05) is 55.1 Å². The van der Waals surface area contributed by atoms with E-state index in [0.29, 0.717) is 17.2 Å². The van der Waals surface area contributed by atoms with Gasteiger partial charge in [-0.05, 0) is 87.3 Å². The van der Waals surface area contributed by atoms with Crippen molar-refractivity contribution in [2.45, 2.75) is 52.9 Å². The Morgan fingerprint density at radius 3 is 2.36 bits per heavy atom. The van der Waals surface area contributed by atoms with Crippen molar-refractivity contribution in [2.75, 3.05) is 41.7 Å². The van der Waals surface area contributed by atoms with Gasteiger partial charge in [-0.3, -0.25) is 4.79 Å². The van der Waals surface area contributed by atoms with Crippen molar-refractivity contribution in [3.8, 4) is 0 Å². The van der Waals surface area contributed by atoms with Gasteiger partial charge in [-0.25, -0.2) is 4.79 Å². The molecule has 2 aromatic rings. The second-order valence-electron chi connectivity index (χ2n) is 9.58. The number of rotatable bonds is 4. The van der Waals surface area contributed by atoms with Crippen molar-refractivity contribution in [2.24, 2.45) is 5.92 Å². The van der Waals surface area contributed by atoms with E-state index in [2.05, 4.69) is 22.5 Å². The summed E-state index contributed by atoms with van der Waals surface area (Å²) in [5.74, 6) is 0.735. The molecule has 0 bridgehead atoms. The summed E-state index contributed by atoms with van der Waals surface area (Å²) in [5.41, 5.74) is 5.27. The highest BCUT2D eigenvalue weighted by Crippen LogP contribution is 2.30. The van der Waals surface area contributed by atoms with Gasteiger partial charge in [-0.15, -0.1) is 0 Å². The molecule has 0 radical (unpaired) electrons. The Morgan fingerprint density at radius 2 is 1.64 bits per heavy atom. The lowest BCUT2D eigenvalue weighted by Gasteiger charge is -2.34. The van der Waals surface area contributed by atoms with Gasteiger partial charge < -0.3 is 20.4 Å². The predicted molar refractivity (Wildman–Crippen MR) is 135 cm³/mol. The van der Waals surface area contributed by atoms with Crippen LogP contribution in [0, 0.1) is 19.8 Å². The molecule has 0 saturated carbocycles. The fraction of sp³-hybridized carbons (Fsp3) is 0.481. The van der Waals surface area contributed by atoms with E-state index in [0.717, 1.165) is 74.4 Å². The highest BCUT2D eigenvalue weighted by molar-refractivity contribution is 6.04. The van der Waals surface area contributed by atoms with E-state index in [9.17, 15) is 9.59 Å². The monoisotopic (exact) mass is 448 g/mol. The fourth-order valence-corrected chi connectivity index (χ4v) is 4.75. The van der Waals surface area contributed by atoms with Gasteiger partial charge >= 0.3 is 6.03 Å². The predicted octanol–water partition coefficient (Wildman–Crippen LogP) is 5.81. The molecule has 4 rings (SSSR count). The Hall–Kier alpha value is -3.02. The summed E-state index contributed by atoms with van der Waals surface area (Å²) in [5, 5.41) is 5.87. The van der Waals surface area contributed by atoms with Gasteiger partial charge in [-0.2, -0.15) is 0 Å². The van der Waals surface area contributed by atoms with E-state index in [1.165, 1.54) is 6.42 Å². The van der Waals surface area contributed by atoms with Crippen molar-refractivity contribution in [1.29, 1.82) is 0 Å². The second-order valence-corrected chi connectivity index (χ2v) is 9.58. The van der Waals surface area contributed by atoms with E-state index in [4.69, 9.17) is 0 Å². The molecule has 6 heteroatoms. The van der Waals surface area contributed by atoms with Crippen LogP contribution in [-0.4, -0.2) is 43.0 Å². The first-order valence-corrected chi connectivity index (χ1v) is 12.2. The summed E-state index contributed by atoms with van der Waals surface area (Å²) in [6.45, 7) is 9.80. The van der Waals surface area contributed by atoms with E-state index < -0.39 is 0 Å². The standard InChI is InChI=1S/C27H36N4O2/c1-19-12-16-31(17-13-19)26(32)23-18-22(10-11-25(23)30-14-5-4-6-15-30)28-27(33)29-24-9-7-8-20(2)21(24)3/h7-11,18-19H,4-6,12-17H2,1-3H3,(H2,28,29,33). The number of likely N-dealkylation sites (tertiary alicyclic amines) is 1. The largest absolute Gasteiger partial charge is 0.371 e. The number of carbonyl (C=O) groups is 2. The molecule has 2 aromatic carbocycles. The number of hydrogen-bond donors (Lipinski definition) is 2. The molecule has 3 amide bonds. The first-order valence-electron chi connectivity index (χ1n) is 12.2. The maximum atomic E-state index is 13.6. The van der Waals surface area contributed by atoms with Crippen LogP contribution in [0.15, 0.2) is 36.4 Å². The molecule has 2 aliphatic rings. The zero-order valence-electron chi connectivity index (χ0n) is 20.1. The van der Waals surface area contributed by atoms with Crippen LogP contribution in [-0.2, 0) is 0 Å². The molecule has 2 saturated heterocycles. The Morgan fingerprint density at radius 1 is 0.909 bits per heavy atom. The van der Waals surface area contributed by atoms with Crippen LogP contribution in [0.5, 0.6) is 0 Å². The van der Waals surface area contributed by atoms with E-state index in [-0.39, 0.29) is 11.9 Å². The summed E-state index contributed by atoms with van der Waals surface area (Å²) in [4.78, 5) is 30.6. The first-order chi connectivity index (χ1) is 15.9. The summed E-state index contributed by atoms with van der Waals surface area (Å²) in [6.07, 6.45) is 5.62. The Kier molecular flexibility index (Phi) is 7.21. The van der Waals surface area contributed by atoms with Gasteiger partial charge in [0.25, 0.3) is 5.91 Å². The highest BCUT2D eigenvalue weighted by Gasteiger charge is 2.26. The summed E-state index contributed by atoms with van der Waals surface area (Å²) in [6, 6.07) is 11.3. The molecule has 0 aromatic heterocycles. The maximum absolute atomic E-state index is 13.6. The molecule has 2 N–H and O–H groups in total. The molecular weight excluding hydrogens is 412 g/mol. The normalized spacial score (nSPS) is 17.1. The molecule has 0 spiro atoms. The highest BCUT2D eigenvalue weighted by atomic mass is 16.2. The van der Waals surface area contributed by atoms with Crippen molar-refractivity contribution in [3.05, 3.63) is 53.1 Å². The van der Waals surface area contributed by atoms with Crippen LogP contribution >= 0.6 is 0 Å². The van der Waals surface area contributed by atoms with Crippen LogP contribution in [0.1, 0.15) is 60.5 Å². The number of piperidine rings is 2. The number of nitrogens with zero attached hydrogens (tertiary/aromatic N) is 2. The minimum Gasteiger partial charge on any atom is -0.371 e. The molecule has 0 unspecified atom stereocenters. The molecule has 2 fully saturated rings. The average Bonchev–Trinajstić information content (AvgIpc) is 2.82. The zero-order chi connectivity index (χ0) is 23.4. The first kappa shape index (κ1) is 23.1. The molecule has 0 atom stereocenters. The number of benzene rings is 2. The van der Waals surface area contributed by atoms with Crippen LogP contribution < -0.4 is 15.5 Å². The summed E-state index contributed by atoms with van der Waals surface area (Å²) in [7, 11) is 0. The summed E-state index contributed by atoms with van der Waals surface area (Å²) < 4.78 is 0. The Bertz CT molecular complexity index is 1010. The minimum atomic E-state index is -0.306. The lowest BCUT2D eigenvalue weighted by Crippen LogP contribution is -2.39.